The molecule has 0 spiro atoms. The lowest BCUT2D eigenvalue weighted by Crippen LogP contribution is -2.42. The predicted molar refractivity (Wildman–Crippen MR) is 147 cm³/mol. The third-order valence-corrected chi connectivity index (χ3v) is 6.82. The molecule has 0 fully saturated rings. The second-order valence-corrected chi connectivity index (χ2v) is 10.3. The van der Waals surface area contributed by atoms with Crippen LogP contribution in [0.2, 0.25) is 0 Å². The minimum absolute atomic E-state index is 0.0298. The summed E-state index contributed by atoms with van der Waals surface area (Å²) in [5, 5.41) is 24.2. The minimum Gasteiger partial charge on any atom is -0.481 e. The van der Waals surface area contributed by atoms with Crippen LogP contribution in [0.5, 0.6) is 0 Å². The summed E-state index contributed by atoms with van der Waals surface area (Å²) in [5.41, 5.74) is 0. The number of amides is 2. The number of unbranched alkanes of at least 4 members (excludes halogenated alkanes) is 13. The first-order chi connectivity index (χ1) is 17.8. The molecule has 2 unspecified atom stereocenters. The smallest absolute Gasteiger partial charge is 0.326 e. The van der Waals surface area contributed by atoms with Gasteiger partial charge in [0, 0.05) is 19.4 Å². The highest BCUT2D eigenvalue weighted by molar-refractivity contribution is 5.86. The SMILES string of the molecule is CCCCCCCCCCCC(=O)NCCCC(NC(=O)CC(CCCCCCCC)C(=O)O)C(=O)O. The van der Waals surface area contributed by atoms with Crippen LogP contribution in [0.3, 0.4) is 0 Å². The zero-order valence-corrected chi connectivity index (χ0v) is 23.5. The van der Waals surface area contributed by atoms with E-state index >= 15 is 0 Å². The molecule has 2 amide bonds. The van der Waals surface area contributed by atoms with Crippen LogP contribution >= 0.6 is 0 Å². The van der Waals surface area contributed by atoms with E-state index in [1.807, 2.05) is 0 Å². The van der Waals surface area contributed by atoms with Crippen molar-refractivity contribution in [2.24, 2.45) is 5.92 Å². The molecule has 0 aliphatic rings. The molecule has 0 saturated heterocycles. The quantitative estimate of drug-likeness (QED) is 0.0990. The van der Waals surface area contributed by atoms with E-state index in [1.165, 1.54) is 44.9 Å². The van der Waals surface area contributed by atoms with Crippen molar-refractivity contribution in [1.29, 1.82) is 0 Å². The average molecular weight is 527 g/mol. The number of aliphatic carboxylic acids is 2. The van der Waals surface area contributed by atoms with Crippen molar-refractivity contribution >= 4 is 23.8 Å². The number of carboxylic acid groups (broad SMARTS) is 2. The van der Waals surface area contributed by atoms with Gasteiger partial charge in [-0.15, -0.1) is 0 Å². The van der Waals surface area contributed by atoms with Gasteiger partial charge in [-0.1, -0.05) is 104 Å². The van der Waals surface area contributed by atoms with Crippen LogP contribution in [0.4, 0.5) is 0 Å². The third-order valence-electron chi connectivity index (χ3n) is 6.82. The van der Waals surface area contributed by atoms with Gasteiger partial charge in [0.2, 0.25) is 11.8 Å². The monoisotopic (exact) mass is 526 g/mol. The van der Waals surface area contributed by atoms with Crippen molar-refractivity contribution in [2.45, 2.75) is 148 Å². The molecule has 8 nitrogen and oxygen atoms in total. The third kappa shape index (κ3) is 21.7. The number of hydrogen-bond donors (Lipinski definition) is 4. The van der Waals surface area contributed by atoms with E-state index in [0.717, 1.165) is 51.4 Å². The summed E-state index contributed by atoms with van der Waals surface area (Å²) < 4.78 is 0. The van der Waals surface area contributed by atoms with Crippen LogP contribution in [-0.4, -0.2) is 46.6 Å². The van der Waals surface area contributed by atoms with Crippen molar-refractivity contribution in [1.82, 2.24) is 10.6 Å². The van der Waals surface area contributed by atoms with Gasteiger partial charge in [-0.3, -0.25) is 14.4 Å². The molecule has 0 saturated carbocycles. The molecule has 0 aromatic rings. The average Bonchev–Trinajstić information content (AvgIpc) is 2.85. The summed E-state index contributed by atoms with van der Waals surface area (Å²) >= 11 is 0. The number of carbonyl (C=O) groups excluding carboxylic acids is 2. The number of carboxylic acids is 2. The lowest BCUT2D eigenvalue weighted by atomic mass is 9.96. The van der Waals surface area contributed by atoms with Gasteiger partial charge in [0.05, 0.1) is 5.92 Å². The fraction of sp³-hybridized carbons (Fsp3) is 0.862. The van der Waals surface area contributed by atoms with Crippen molar-refractivity contribution in [2.75, 3.05) is 6.54 Å². The van der Waals surface area contributed by atoms with Gasteiger partial charge in [-0.25, -0.2) is 4.79 Å². The Morgan fingerprint density at radius 1 is 0.595 bits per heavy atom. The summed E-state index contributed by atoms with van der Waals surface area (Å²) in [6.07, 6.45) is 18.2. The van der Waals surface area contributed by atoms with Crippen LogP contribution in [0.25, 0.3) is 0 Å². The molecule has 37 heavy (non-hydrogen) atoms. The van der Waals surface area contributed by atoms with E-state index in [2.05, 4.69) is 24.5 Å². The topological polar surface area (TPSA) is 133 Å². The van der Waals surface area contributed by atoms with Crippen LogP contribution in [0.15, 0.2) is 0 Å². The van der Waals surface area contributed by atoms with Gasteiger partial charge in [0.25, 0.3) is 0 Å². The maximum atomic E-state index is 12.3. The Balaban J connectivity index is 4.08. The van der Waals surface area contributed by atoms with Crippen molar-refractivity contribution in [3.63, 3.8) is 0 Å². The summed E-state index contributed by atoms with van der Waals surface area (Å²) in [6, 6.07) is -1.09. The molecule has 4 N–H and O–H groups in total. The summed E-state index contributed by atoms with van der Waals surface area (Å²) in [4.78, 5) is 47.4. The van der Waals surface area contributed by atoms with Crippen molar-refractivity contribution in [3.8, 4) is 0 Å². The Hall–Kier alpha value is -2.12. The highest BCUT2D eigenvalue weighted by Gasteiger charge is 2.25. The van der Waals surface area contributed by atoms with Gasteiger partial charge in [0.1, 0.15) is 6.04 Å². The van der Waals surface area contributed by atoms with E-state index < -0.39 is 29.8 Å². The van der Waals surface area contributed by atoms with Crippen LogP contribution in [0.1, 0.15) is 142 Å². The Morgan fingerprint density at radius 3 is 1.62 bits per heavy atom. The first kappa shape index (κ1) is 34.9. The zero-order chi connectivity index (χ0) is 27.7. The van der Waals surface area contributed by atoms with Crippen LogP contribution in [-0.2, 0) is 19.2 Å². The molecule has 8 heteroatoms. The van der Waals surface area contributed by atoms with Gasteiger partial charge in [-0.05, 0) is 25.7 Å². The van der Waals surface area contributed by atoms with Crippen molar-refractivity contribution in [3.05, 3.63) is 0 Å². The van der Waals surface area contributed by atoms with Crippen LogP contribution < -0.4 is 10.6 Å². The Morgan fingerprint density at radius 2 is 1.11 bits per heavy atom. The second-order valence-electron chi connectivity index (χ2n) is 10.3. The molecular formula is C29H54N2O6. The Kier molecular flexibility index (Phi) is 22.8. The normalized spacial score (nSPS) is 12.6. The van der Waals surface area contributed by atoms with Crippen molar-refractivity contribution < 1.29 is 29.4 Å². The molecule has 0 bridgehead atoms. The van der Waals surface area contributed by atoms with Crippen LogP contribution in [0, 0.1) is 5.92 Å². The van der Waals surface area contributed by atoms with E-state index in [0.29, 0.717) is 25.8 Å². The second kappa shape index (κ2) is 24.2. The largest absolute Gasteiger partial charge is 0.481 e. The maximum absolute atomic E-state index is 12.3. The standard InChI is InChI=1S/C29H54N2O6/c1-3-5-7-9-11-12-13-15-17-21-26(32)30-22-18-20-25(29(36)37)31-27(33)23-24(28(34)35)19-16-14-10-8-6-4-2/h24-25H,3-23H2,1-2H3,(H,30,32)(H,31,33)(H,34,35)(H,36,37). The fourth-order valence-corrected chi connectivity index (χ4v) is 4.44. The van der Waals surface area contributed by atoms with Gasteiger partial charge in [-0.2, -0.15) is 0 Å². The highest BCUT2D eigenvalue weighted by Crippen LogP contribution is 2.16. The van der Waals surface area contributed by atoms with Gasteiger partial charge >= 0.3 is 11.9 Å². The van der Waals surface area contributed by atoms with E-state index in [1.54, 1.807) is 0 Å². The molecule has 0 aromatic heterocycles. The molecule has 0 rings (SSSR count). The molecule has 0 aliphatic carbocycles. The molecule has 0 radical (unpaired) electrons. The first-order valence-corrected chi connectivity index (χ1v) is 14.8. The van der Waals surface area contributed by atoms with Gasteiger partial charge in [0.15, 0.2) is 0 Å². The van der Waals surface area contributed by atoms with Gasteiger partial charge < -0.3 is 20.8 Å². The predicted octanol–water partition coefficient (Wildman–Crippen LogP) is 6.21. The Bertz CT molecular complexity index is 626. The summed E-state index contributed by atoms with van der Waals surface area (Å²) in [5.74, 6) is -3.57. The number of carbonyl (C=O) groups is 4. The molecule has 216 valence electrons. The molecule has 2 atom stereocenters. The van der Waals surface area contributed by atoms with E-state index in [4.69, 9.17) is 0 Å². The zero-order valence-electron chi connectivity index (χ0n) is 23.5. The number of nitrogens with one attached hydrogen (secondary N) is 2. The molecule has 0 aromatic carbocycles. The maximum Gasteiger partial charge on any atom is 0.326 e. The minimum atomic E-state index is -1.16. The summed E-state index contributed by atoms with van der Waals surface area (Å²) in [6.45, 7) is 4.70. The summed E-state index contributed by atoms with van der Waals surface area (Å²) in [7, 11) is 0. The number of hydrogen-bond acceptors (Lipinski definition) is 4. The Labute approximate surface area is 224 Å². The lowest BCUT2D eigenvalue weighted by molar-refractivity contribution is -0.145. The fourth-order valence-electron chi connectivity index (χ4n) is 4.44. The molecule has 0 heterocycles. The molecular weight excluding hydrogens is 472 g/mol. The lowest BCUT2D eigenvalue weighted by Gasteiger charge is -2.17. The highest BCUT2D eigenvalue weighted by atomic mass is 16.4. The number of rotatable bonds is 26. The van der Waals surface area contributed by atoms with E-state index in [-0.39, 0.29) is 18.7 Å². The molecule has 0 aliphatic heterocycles. The van der Waals surface area contributed by atoms with E-state index in [9.17, 15) is 29.4 Å². The first-order valence-electron chi connectivity index (χ1n) is 14.8.